The molecule has 1 N–H and O–H groups in total. The highest BCUT2D eigenvalue weighted by molar-refractivity contribution is 4.96. The minimum Gasteiger partial charge on any atom is -0.393 e. The van der Waals surface area contributed by atoms with Crippen LogP contribution in [0.4, 0.5) is 8.78 Å². The van der Waals surface area contributed by atoms with E-state index in [9.17, 15) is 13.9 Å². The molecule has 3 unspecified atom stereocenters. The molecule has 2 nitrogen and oxygen atoms in total. The van der Waals surface area contributed by atoms with E-state index in [2.05, 4.69) is 20.8 Å². The highest BCUT2D eigenvalue weighted by Gasteiger charge is 2.46. The van der Waals surface area contributed by atoms with Crippen LogP contribution in [0, 0.1) is 11.3 Å². The van der Waals surface area contributed by atoms with E-state index in [0.717, 1.165) is 12.8 Å². The predicted octanol–water partition coefficient (Wildman–Crippen LogP) is 2.90. The summed E-state index contributed by atoms with van der Waals surface area (Å²) in [6, 6.07) is 0.113. The van der Waals surface area contributed by atoms with Crippen molar-refractivity contribution in [2.45, 2.75) is 64.5 Å². The number of likely N-dealkylation sites (tertiary alicyclic amines) is 1. The van der Waals surface area contributed by atoms with Crippen LogP contribution in [0.15, 0.2) is 0 Å². The maximum Gasteiger partial charge on any atom is 0.261 e. The number of aliphatic hydroxyl groups excluding tert-OH is 1. The van der Waals surface area contributed by atoms with Gasteiger partial charge in [-0.25, -0.2) is 8.78 Å². The highest BCUT2D eigenvalue weighted by atomic mass is 19.3. The Morgan fingerprint density at radius 2 is 1.89 bits per heavy atom. The number of nitrogens with zero attached hydrogens (tertiary/aromatic N) is 1. The van der Waals surface area contributed by atoms with Gasteiger partial charge in [0.25, 0.3) is 5.92 Å². The topological polar surface area (TPSA) is 23.5 Å². The van der Waals surface area contributed by atoms with E-state index in [0.29, 0.717) is 18.9 Å². The molecule has 0 spiro atoms. The second kappa shape index (κ2) is 4.71. The van der Waals surface area contributed by atoms with Gasteiger partial charge in [0.2, 0.25) is 0 Å². The van der Waals surface area contributed by atoms with Gasteiger partial charge >= 0.3 is 0 Å². The summed E-state index contributed by atoms with van der Waals surface area (Å²) in [6.45, 7) is 6.87. The van der Waals surface area contributed by atoms with Crippen LogP contribution < -0.4 is 0 Å². The number of hydrogen-bond acceptors (Lipinski definition) is 2. The molecule has 18 heavy (non-hydrogen) atoms. The summed E-state index contributed by atoms with van der Waals surface area (Å²) in [5, 5.41) is 9.84. The largest absolute Gasteiger partial charge is 0.393 e. The maximum absolute atomic E-state index is 13.4. The quantitative estimate of drug-likeness (QED) is 0.784. The van der Waals surface area contributed by atoms with Crippen molar-refractivity contribution in [3.05, 3.63) is 0 Å². The molecule has 2 aliphatic rings. The van der Waals surface area contributed by atoms with Crippen LogP contribution in [-0.2, 0) is 0 Å². The summed E-state index contributed by atoms with van der Waals surface area (Å²) in [5.74, 6) is -2.14. The fourth-order valence-electron chi connectivity index (χ4n) is 3.58. The highest BCUT2D eigenvalue weighted by Crippen LogP contribution is 2.42. The molecule has 1 aliphatic carbocycles. The zero-order valence-corrected chi connectivity index (χ0v) is 11.6. The van der Waals surface area contributed by atoms with Crippen LogP contribution in [-0.4, -0.2) is 41.2 Å². The van der Waals surface area contributed by atoms with Crippen molar-refractivity contribution >= 4 is 0 Å². The maximum atomic E-state index is 13.4. The van der Waals surface area contributed by atoms with E-state index in [1.54, 1.807) is 0 Å². The molecule has 106 valence electrons. The van der Waals surface area contributed by atoms with Gasteiger partial charge in [-0.3, -0.25) is 4.90 Å². The molecule has 1 aliphatic heterocycles. The lowest BCUT2D eigenvalue weighted by molar-refractivity contribution is -0.0301. The van der Waals surface area contributed by atoms with E-state index in [1.807, 2.05) is 4.90 Å². The molecular formula is C14H25F2NO. The van der Waals surface area contributed by atoms with E-state index < -0.39 is 5.92 Å². The van der Waals surface area contributed by atoms with Crippen LogP contribution >= 0.6 is 0 Å². The fourth-order valence-corrected chi connectivity index (χ4v) is 3.58. The Labute approximate surface area is 108 Å². The number of rotatable bonds is 1. The Balaban J connectivity index is 2.11. The van der Waals surface area contributed by atoms with E-state index in [1.165, 1.54) is 0 Å². The zero-order chi connectivity index (χ0) is 13.6. The Bertz CT molecular complexity index is 301. The molecule has 0 amide bonds. The number of aliphatic hydroxyl groups is 1. The second-order valence-corrected chi connectivity index (χ2v) is 7.08. The van der Waals surface area contributed by atoms with Gasteiger partial charge in [0.1, 0.15) is 0 Å². The average Bonchev–Trinajstić information content (AvgIpc) is 2.57. The summed E-state index contributed by atoms with van der Waals surface area (Å²) < 4.78 is 26.7. The van der Waals surface area contributed by atoms with Crippen LogP contribution in [0.3, 0.4) is 0 Å². The van der Waals surface area contributed by atoms with Crippen molar-refractivity contribution in [3.63, 3.8) is 0 Å². The monoisotopic (exact) mass is 261 g/mol. The predicted molar refractivity (Wildman–Crippen MR) is 67.7 cm³/mol. The van der Waals surface area contributed by atoms with Gasteiger partial charge < -0.3 is 5.11 Å². The Hall–Kier alpha value is -0.220. The molecule has 0 aromatic heterocycles. The first-order chi connectivity index (χ1) is 8.19. The Morgan fingerprint density at radius 1 is 1.22 bits per heavy atom. The SMILES string of the molecule is CC(C)(C)C1CCC(O)CC1N1CCC(F)(F)C1. The smallest absolute Gasteiger partial charge is 0.261 e. The fraction of sp³-hybridized carbons (Fsp3) is 1.00. The van der Waals surface area contributed by atoms with Gasteiger partial charge in [0.15, 0.2) is 0 Å². The molecule has 1 saturated carbocycles. The van der Waals surface area contributed by atoms with Gasteiger partial charge in [-0.1, -0.05) is 20.8 Å². The minimum atomic E-state index is -2.54. The third kappa shape index (κ3) is 3.02. The van der Waals surface area contributed by atoms with E-state index >= 15 is 0 Å². The Morgan fingerprint density at radius 3 is 2.39 bits per heavy atom. The molecule has 0 aromatic carbocycles. The van der Waals surface area contributed by atoms with Crippen LogP contribution in [0.25, 0.3) is 0 Å². The summed E-state index contributed by atoms with van der Waals surface area (Å²) in [6.07, 6.45) is 2.05. The number of hydrogen-bond donors (Lipinski definition) is 1. The van der Waals surface area contributed by atoms with Crippen molar-refractivity contribution in [2.75, 3.05) is 13.1 Å². The molecule has 0 radical (unpaired) electrons. The Kier molecular flexibility index (Phi) is 3.72. The lowest BCUT2D eigenvalue weighted by Crippen LogP contribution is -2.49. The second-order valence-electron chi connectivity index (χ2n) is 7.08. The van der Waals surface area contributed by atoms with Gasteiger partial charge in [-0.2, -0.15) is 0 Å². The zero-order valence-electron chi connectivity index (χ0n) is 11.6. The normalized spacial score (nSPS) is 38.0. The van der Waals surface area contributed by atoms with Crippen molar-refractivity contribution in [2.24, 2.45) is 11.3 Å². The average molecular weight is 261 g/mol. The van der Waals surface area contributed by atoms with Crippen LogP contribution in [0.1, 0.15) is 46.5 Å². The van der Waals surface area contributed by atoms with Crippen LogP contribution in [0.2, 0.25) is 0 Å². The molecular weight excluding hydrogens is 236 g/mol. The molecule has 3 atom stereocenters. The summed E-state index contributed by atoms with van der Waals surface area (Å²) in [5.41, 5.74) is 0.114. The third-order valence-electron chi connectivity index (χ3n) is 4.57. The van der Waals surface area contributed by atoms with Gasteiger partial charge in [-0.15, -0.1) is 0 Å². The number of alkyl halides is 2. The molecule has 1 saturated heterocycles. The standard InChI is InChI=1S/C14H25F2NO/c1-13(2,3)11-5-4-10(18)8-12(11)17-7-6-14(15,16)9-17/h10-12,18H,4-9H2,1-3H3. The molecule has 1 heterocycles. The number of halogens is 2. The summed E-state index contributed by atoms with van der Waals surface area (Å²) in [7, 11) is 0. The molecule has 0 bridgehead atoms. The van der Waals surface area contributed by atoms with Crippen molar-refractivity contribution in [1.82, 2.24) is 4.90 Å². The first-order valence-electron chi connectivity index (χ1n) is 6.99. The third-order valence-corrected chi connectivity index (χ3v) is 4.57. The lowest BCUT2D eigenvalue weighted by atomic mass is 9.68. The molecule has 4 heteroatoms. The van der Waals surface area contributed by atoms with Crippen LogP contribution in [0.5, 0.6) is 0 Å². The van der Waals surface area contributed by atoms with E-state index in [4.69, 9.17) is 0 Å². The first kappa shape index (κ1) is 14.2. The first-order valence-corrected chi connectivity index (χ1v) is 6.99. The van der Waals surface area contributed by atoms with Crippen molar-refractivity contribution in [3.8, 4) is 0 Å². The lowest BCUT2D eigenvalue weighted by Gasteiger charge is -2.46. The minimum absolute atomic E-state index is 0.0313. The molecule has 2 fully saturated rings. The molecule has 2 rings (SSSR count). The summed E-state index contributed by atoms with van der Waals surface area (Å²) >= 11 is 0. The van der Waals surface area contributed by atoms with Gasteiger partial charge in [0, 0.05) is 19.0 Å². The van der Waals surface area contributed by atoms with Crippen molar-refractivity contribution < 1.29 is 13.9 Å². The van der Waals surface area contributed by atoms with Gasteiger partial charge in [0.05, 0.1) is 12.6 Å². The van der Waals surface area contributed by atoms with Gasteiger partial charge in [-0.05, 0) is 30.6 Å². The van der Waals surface area contributed by atoms with Crippen molar-refractivity contribution in [1.29, 1.82) is 0 Å². The van der Waals surface area contributed by atoms with E-state index in [-0.39, 0.29) is 30.5 Å². The summed E-state index contributed by atoms with van der Waals surface area (Å²) in [4.78, 5) is 1.91. The molecule has 0 aromatic rings.